The second kappa shape index (κ2) is 9.96. The molecule has 3 aromatic rings. The number of ether oxygens (including phenoxy) is 2. The average molecular weight is 431 g/mol. The fraction of sp³-hybridized carbons (Fsp3) is 0.240. The molecule has 32 heavy (non-hydrogen) atoms. The van der Waals surface area contributed by atoms with Crippen LogP contribution in [-0.4, -0.2) is 30.5 Å². The predicted molar refractivity (Wildman–Crippen MR) is 121 cm³/mol. The van der Waals surface area contributed by atoms with Crippen LogP contribution in [0.4, 0.5) is 5.69 Å². The molecule has 1 aliphatic rings. The van der Waals surface area contributed by atoms with E-state index in [4.69, 9.17) is 9.47 Å². The first kappa shape index (κ1) is 21.4. The van der Waals surface area contributed by atoms with E-state index in [9.17, 15) is 9.59 Å². The quantitative estimate of drug-likeness (QED) is 0.588. The number of hydrogen-bond donors (Lipinski definition) is 1. The van der Waals surface area contributed by atoms with Gasteiger partial charge in [-0.05, 0) is 66.1 Å². The van der Waals surface area contributed by atoms with E-state index in [2.05, 4.69) is 10.3 Å². The number of nitrogens with zero attached hydrogens (tertiary/aromatic N) is 2. The van der Waals surface area contributed by atoms with Crippen LogP contribution in [0.2, 0.25) is 0 Å². The number of nitrogens with one attached hydrogen (secondary N) is 1. The number of benzene rings is 2. The molecule has 1 aromatic heterocycles. The highest BCUT2D eigenvalue weighted by Crippen LogP contribution is 2.29. The maximum atomic E-state index is 12.5. The molecule has 0 aliphatic carbocycles. The minimum Gasteiger partial charge on any atom is -0.493 e. The Hall–Kier alpha value is -3.87. The van der Waals surface area contributed by atoms with Crippen LogP contribution in [0.25, 0.3) is 0 Å². The molecule has 0 unspecified atom stereocenters. The number of amides is 2. The molecule has 0 saturated carbocycles. The van der Waals surface area contributed by atoms with Crippen LogP contribution in [0.5, 0.6) is 11.5 Å². The zero-order valence-electron chi connectivity index (χ0n) is 17.9. The highest BCUT2D eigenvalue weighted by molar-refractivity contribution is 5.97. The van der Waals surface area contributed by atoms with E-state index < -0.39 is 0 Å². The first-order chi connectivity index (χ1) is 15.6. The summed E-state index contributed by atoms with van der Waals surface area (Å²) in [4.78, 5) is 30.2. The summed E-state index contributed by atoms with van der Waals surface area (Å²) in [5.41, 5.74) is 3.28. The van der Waals surface area contributed by atoms with Crippen LogP contribution in [0.3, 0.4) is 0 Å². The summed E-state index contributed by atoms with van der Waals surface area (Å²) >= 11 is 0. The Morgan fingerprint density at radius 1 is 1.03 bits per heavy atom. The highest BCUT2D eigenvalue weighted by Gasteiger charge is 2.21. The monoisotopic (exact) mass is 431 g/mol. The maximum absolute atomic E-state index is 12.5. The van der Waals surface area contributed by atoms with Gasteiger partial charge in [-0.25, -0.2) is 0 Å². The fourth-order valence-corrected chi connectivity index (χ4v) is 3.58. The summed E-state index contributed by atoms with van der Waals surface area (Å²) < 4.78 is 11.3. The number of anilines is 1. The second-order valence-corrected chi connectivity index (χ2v) is 7.51. The topological polar surface area (TPSA) is 80.8 Å². The number of aromatic nitrogens is 1. The molecule has 1 fully saturated rings. The summed E-state index contributed by atoms with van der Waals surface area (Å²) in [5, 5.41) is 2.92. The number of pyridine rings is 1. The predicted octanol–water partition coefficient (Wildman–Crippen LogP) is 3.73. The number of carbonyl (C=O) groups excluding carboxylic acids is 2. The van der Waals surface area contributed by atoms with Crippen molar-refractivity contribution in [2.75, 3.05) is 18.6 Å². The van der Waals surface area contributed by atoms with Crippen LogP contribution in [0.1, 0.15) is 34.3 Å². The Morgan fingerprint density at radius 3 is 2.50 bits per heavy atom. The number of rotatable bonds is 8. The molecule has 0 atom stereocenters. The van der Waals surface area contributed by atoms with Crippen molar-refractivity contribution in [2.45, 2.75) is 26.0 Å². The minimum absolute atomic E-state index is 0.129. The van der Waals surface area contributed by atoms with Crippen molar-refractivity contribution in [3.63, 3.8) is 0 Å². The summed E-state index contributed by atoms with van der Waals surface area (Å²) in [6.07, 6.45) is 4.90. The normalized spacial score (nSPS) is 13.2. The lowest BCUT2D eigenvalue weighted by Gasteiger charge is -2.16. The number of carbonyl (C=O) groups is 2. The van der Waals surface area contributed by atoms with E-state index in [1.54, 1.807) is 36.5 Å². The first-order valence-corrected chi connectivity index (χ1v) is 10.5. The van der Waals surface area contributed by atoms with Gasteiger partial charge < -0.3 is 19.7 Å². The first-order valence-electron chi connectivity index (χ1n) is 10.5. The highest BCUT2D eigenvalue weighted by atomic mass is 16.5. The number of hydrogen-bond acceptors (Lipinski definition) is 5. The zero-order chi connectivity index (χ0) is 22.3. The Kier molecular flexibility index (Phi) is 6.65. The van der Waals surface area contributed by atoms with Crippen LogP contribution in [-0.2, 0) is 17.9 Å². The van der Waals surface area contributed by atoms with Gasteiger partial charge in [-0.2, -0.15) is 0 Å². The SMILES string of the molecule is COc1cc(CNC(=O)c2ccc(N3CCCC3=O)cc2)ccc1OCc1ccncc1. The standard InChI is InChI=1S/C25H25N3O4/c1-31-23-15-19(4-9-22(23)32-17-18-10-12-26-13-11-18)16-27-25(30)20-5-7-21(8-6-20)28-14-2-3-24(28)29/h4-13,15H,2-3,14,16-17H2,1H3,(H,27,30). The molecule has 4 rings (SSSR count). The molecule has 7 nitrogen and oxygen atoms in total. The van der Waals surface area contributed by atoms with Crippen LogP contribution >= 0.6 is 0 Å². The van der Waals surface area contributed by atoms with Crippen molar-refractivity contribution in [3.8, 4) is 11.5 Å². The van der Waals surface area contributed by atoms with E-state index in [-0.39, 0.29) is 11.8 Å². The smallest absolute Gasteiger partial charge is 0.251 e. The largest absolute Gasteiger partial charge is 0.493 e. The van der Waals surface area contributed by atoms with Gasteiger partial charge >= 0.3 is 0 Å². The van der Waals surface area contributed by atoms with Gasteiger partial charge in [-0.3, -0.25) is 14.6 Å². The molecule has 0 bridgehead atoms. The molecule has 0 radical (unpaired) electrons. The summed E-state index contributed by atoms with van der Waals surface area (Å²) in [6, 6.07) is 16.5. The van der Waals surface area contributed by atoms with E-state index in [1.807, 2.05) is 42.5 Å². The van der Waals surface area contributed by atoms with Crippen molar-refractivity contribution in [2.24, 2.45) is 0 Å². The molecule has 2 amide bonds. The van der Waals surface area contributed by atoms with Crippen LogP contribution < -0.4 is 19.7 Å². The van der Waals surface area contributed by atoms with E-state index in [0.717, 1.165) is 29.8 Å². The third-order valence-corrected chi connectivity index (χ3v) is 5.34. The average Bonchev–Trinajstić information content (AvgIpc) is 3.28. The van der Waals surface area contributed by atoms with Gasteiger partial charge in [-0.15, -0.1) is 0 Å². The fourth-order valence-electron chi connectivity index (χ4n) is 3.58. The minimum atomic E-state index is -0.179. The van der Waals surface area contributed by atoms with Crippen molar-refractivity contribution in [1.29, 1.82) is 0 Å². The maximum Gasteiger partial charge on any atom is 0.251 e. The molecule has 2 heterocycles. The molecule has 1 N–H and O–H groups in total. The van der Waals surface area contributed by atoms with Gasteiger partial charge in [0.05, 0.1) is 7.11 Å². The van der Waals surface area contributed by atoms with Crippen molar-refractivity contribution in [3.05, 3.63) is 83.7 Å². The van der Waals surface area contributed by atoms with Gasteiger partial charge in [0.1, 0.15) is 6.61 Å². The van der Waals surface area contributed by atoms with Crippen LogP contribution in [0, 0.1) is 0 Å². The summed E-state index contributed by atoms with van der Waals surface area (Å²) in [6.45, 7) is 1.49. The van der Waals surface area contributed by atoms with Gasteiger partial charge in [0, 0.05) is 43.2 Å². The molecule has 7 heteroatoms. The molecule has 1 aliphatic heterocycles. The third kappa shape index (κ3) is 5.06. The zero-order valence-corrected chi connectivity index (χ0v) is 17.9. The van der Waals surface area contributed by atoms with Gasteiger partial charge in [0.15, 0.2) is 11.5 Å². The summed E-state index contributed by atoms with van der Waals surface area (Å²) in [7, 11) is 1.59. The van der Waals surface area contributed by atoms with Gasteiger partial charge in [0.2, 0.25) is 5.91 Å². The molecule has 0 spiro atoms. The lowest BCUT2D eigenvalue weighted by atomic mass is 10.1. The Bertz CT molecular complexity index is 1080. The van der Waals surface area contributed by atoms with E-state index >= 15 is 0 Å². The summed E-state index contributed by atoms with van der Waals surface area (Å²) in [5.74, 6) is 1.18. The molecular weight excluding hydrogens is 406 g/mol. The Morgan fingerprint density at radius 2 is 1.81 bits per heavy atom. The lowest BCUT2D eigenvalue weighted by Crippen LogP contribution is -2.25. The molecule has 2 aromatic carbocycles. The van der Waals surface area contributed by atoms with Crippen molar-refractivity contribution in [1.82, 2.24) is 10.3 Å². The van der Waals surface area contributed by atoms with E-state index in [1.165, 1.54) is 0 Å². The molecule has 164 valence electrons. The molecule has 1 saturated heterocycles. The van der Waals surface area contributed by atoms with E-state index in [0.29, 0.717) is 36.6 Å². The Balaban J connectivity index is 1.34. The lowest BCUT2D eigenvalue weighted by molar-refractivity contribution is -0.117. The van der Waals surface area contributed by atoms with Gasteiger partial charge in [0.25, 0.3) is 5.91 Å². The molecular formula is C25H25N3O4. The number of methoxy groups -OCH3 is 1. The second-order valence-electron chi connectivity index (χ2n) is 7.51. The van der Waals surface area contributed by atoms with Crippen molar-refractivity contribution < 1.29 is 19.1 Å². The van der Waals surface area contributed by atoms with Crippen LogP contribution in [0.15, 0.2) is 67.0 Å². The Labute approximate surface area is 187 Å². The third-order valence-electron chi connectivity index (χ3n) is 5.34. The van der Waals surface area contributed by atoms with Crippen molar-refractivity contribution >= 4 is 17.5 Å². The van der Waals surface area contributed by atoms with Gasteiger partial charge in [-0.1, -0.05) is 6.07 Å².